The molecular formula is C31H36N2O. The van der Waals surface area contributed by atoms with Crippen LogP contribution in [0.2, 0.25) is 0 Å². The molecule has 0 spiro atoms. The van der Waals surface area contributed by atoms with Gasteiger partial charge in [-0.3, -0.25) is 9.13 Å². The summed E-state index contributed by atoms with van der Waals surface area (Å²) in [4.78, 5) is 13.9. The van der Waals surface area contributed by atoms with E-state index in [-0.39, 0.29) is 5.69 Å². The molecule has 0 amide bonds. The summed E-state index contributed by atoms with van der Waals surface area (Å²) in [6, 6.07) is 30.7. The van der Waals surface area contributed by atoms with Crippen LogP contribution in [0.15, 0.2) is 95.8 Å². The molecule has 0 fully saturated rings. The third-order valence-electron chi connectivity index (χ3n) is 6.90. The minimum atomic E-state index is 0.0314. The van der Waals surface area contributed by atoms with E-state index in [1.54, 1.807) is 0 Å². The minimum Gasteiger partial charge on any atom is -0.291 e. The number of aromatic nitrogens is 2. The molecule has 1 aromatic heterocycles. The van der Waals surface area contributed by atoms with Crippen molar-refractivity contribution in [3.05, 3.63) is 101 Å². The van der Waals surface area contributed by atoms with Crippen LogP contribution in [-0.4, -0.2) is 9.13 Å². The number of unbranched alkanes of at least 4 members (excludes halogenated alkanes) is 2. The van der Waals surface area contributed by atoms with Gasteiger partial charge in [0.15, 0.2) is 0 Å². The van der Waals surface area contributed by atoms with E-state index in [0.717, 1.165) is 53.5 Å². The van der Waals surface area contributed by atoms with Gasteiger partial charge in [0, 0.05) is 17.7 Å². The van der Waals surface area contributed by atoms with Crippen LogP contribution in [0, 0.1) is 5.92 Å². The molecule has 3 heteroatoms. The molecule has 176 valence electrons. The van der Waals surface area contributed by atoms with Gasteiger partial charge in [0.2, 0.25) is 0 Å². The Balaban J connectivity index is 1.78. The van der Waals surface area contributed by atoms with Gasteiger partial charge in [-0.05, 0) is 24.5 Å². The van der Waals surface area contributed by atoms with Gasteiger partial charge in [-0.2, -0.15) is 0 Å². The number of hydrogen-bond acceptors (Lipinski definition) is 1. The van der Waals surface area contributed by atoms with Crippen molar-refractivity contribution in [3.63, 3.8) is 0 Å². The zero-order chi connectivity index (χ0) is 23.8. The lowest BCUT2D eigenvalue weighted by Gasteiger charge is -2.13. The van der Waals surface area contributed by atoms with Crippen LogP contribution >= 0.6 is 0 Å². The summed E-state index contributed by atoms with van der Waals surface area (Å²) >= 11 is 0. The summed E-state index contributed by atoms with van der Waals surface area (Å²) in [5, 5.41) is 0. The van der Waals surface area contributed by atoms with E-state index < -0.39 is 0 Å². The van der Waals surface area contributed by atoms with Crippen molar-refractivity contribution < 1.29 is 0 Å². The second kappa shape index (κ2) is 11.7. The van der Waals surface area contributed by atoms with Gasteiger partial charge in [0.05, 0.1) is 17.1 Å². The molecule has 4 aromatic rings. The molecule has 0 N–H and O–H groups in total. The van der Waals surface area contributed by atoms with E-state index in [1.165, 1.54) is 25.7 Å². The average molecular weight is 453 g/mol. The van der Waals surface area contributed by atoms with Crippen molar-refractivity contribution in [2.75, 3.05) is 0 Å². The standard InChI is InChI=1S/C31H36N2O/c1-3-25(4-2)17-9-8-16-24-32-29(26-18-10-5-11-19-26)30(27-20-12-6-13-21-27)33(31(32)34)28-22-14-7-15-23-28/h5-7,10-15,18-23,25H,3-4,8-9,16-17,24H2,1-2H3. The van der Waals surface area contributed by atoms with Crippen molar-refractivity contribution >= 4 is 0 Å². The second-order valence-electron chi connectivity index (χ2n) is 9.07. The Kier molecular flexibility index (Phi) is 8.19. The third-order valence-corrected chi connectivity index (χ3v) is 6.90. The maximum absolute atomic E-state index is 13.9. The van der Waals surface area contributed by atoms with Crippen molar-refractivity contribution in [2.45, 2.75) is 58.9 Å². The van der Waals surface area contributed by atoms with Gasteiger partial charge >= 0.3 is 5.69 Å². The van der Waals surface area contributed by atoms with E-state index in [2.05, 4.69) is 50.2 Å². The zero-order valence-electron chi connectivity index (χ0n) is 20.5. The Morgan fingerprint density at radius 2 is 1.18 bits per heavy atom. The Morgan fingerprint density at radius 1 is 0.647 bits per heavy atom. The summed E-state index contributed by atoms with van der Waals surface area (Å²) in [7, 11) is 0. The molecule has 0 bridgehead atoms. The number of rotatable bonds is 11. The maximum atomic E-state index is 13.9. The van der Waals surface area contributed by atoms with Crippen LogP contribution < -0.4 is 5.69 Å². The fraction of sp³-hybridized carbons (Fsp3) is 0.323. The predicted molar refractivity (Wildman–Crippen MR) is 143 cm³/mol. The van der Waals surface area contributed by atoms with Crippen LogP contribution in [0.4, 0.5) is 0 Å². The van der Waals surface area contributed by atoms with Crippen molar-refractivity contribution in [3.8, 4) is 28.2 Å². The number of imidazole rings is 1. The van der Waals surface area contributed by atoms with Gasteiger partial charge in [0.1, 0.15) is 0 Å². The monoisotopic (exact) mass is 452 g/mol. The molecule has 0 saturated heterocycles. The highest BCUT2D eigenvalue weighted by Crippen LogP contribution is 2.33. The zero-order valence-corrected chi connectivity index (χ0v) is 20.5. The quantitative estimate of drug-likeness (QED) is 0.212. The molecule has 34 heavy (non-hydrogen) atoms. The molecule has 0 aliphatic carbocycles. The van der Waals surface area contributed by atoms with Crippen molar-refractivity contribution in [2.24, 2.45) is 5.92 Å². The topological polar surface area (TPSA) is 26.9 Å². The fourth-order valence-electron chi connectivity index (χ4n) is 4.90. The molecule has 1 heterocycles. The van der Waals surface area contributed by atoms with Crippen molar-refractivity contribution in [1.82, 2.24) is 9.13 Å². The molecule has 0 saturated carbocycles. The number of nitrogens with zero attached hydrogens (tertiary/aromatic N) is 2. The molecule has 0 unspecified atom stereocenters. The Morgan fingerprint density at radius 3 is 1.74 bits per heavy atom. The summed E-state index contributed by atoms with van der Waals surface area (Å²) in [6.07, 6.45) is 7.19. The highest BCUT2D eigenvalue weighted by atomic mass is 16.1. The summed E-state index contributed by atoms with van der Waals surface area (Å²) in [6.45, 7) is 5.31. The summed E-state index contributed by atoms with van der Waals surface area (Å²) < 4.78 is 3.89. The number of para-hydroxylation sites is 1. The lowest BCUT2D eigenvalue weighted by Crippen LogP contribution is -2.24. The molecule has 4 rings (SSSR count). The number of hydrogen-bond donors (Lipinski definition) is 0. The van der Waals surface area contributed by atoms with Gasteiger partial charge < -0.3 is 0 Å². The number of benzene rings is 3. The van der Waals surface area contributed by atoms with Crippen LogP contribution in [0.25, 0.3) is 28.2 Å². The fourth-order valence-corrected chi connectivity index (χ4v) is 4.90. The van der Waals surface area contributed by atoms with Crippen LogP contribution in [-0.2, 0) is 6.54 Å². The third kappa shape index (κ3) is 5.25. The Bertz CT molecular complexity index is 1200. The molecule has 0 atom stereocenters. The molecule has 3 nitrogen and oxygen atoms in total. The molecule has 0 aliphatic heterocycles. The van der Waals surface area contributed by atoms with E-state index in [1.807, 2.05) is 63.7 Å². The minimum absolute atomic E-state index is 0.0314. The Hall–Kier alpha value is -3.33. The predicted octanol–water partition coefficient (Wildman–Crippen LogP) is 7.97. The van der Waals surface area contributed by atoms with Gasteiger partial charge in [-0.1, -0.05) is 125 Å². The first kappa shape index (κ1) is 23.8. The lowest BCUT2D eigenvalue weighted by molar-refractivity contribution is 0.424. The van der Waals surface area contributed by atoms with E-state index in [0.29, 0.717) is 0 Å². The molecular weight excluding hydrogens is 416 g/mol. The van der Waals surface area contributed by atoms with Crippen LogP contribution in [0.5, 0.6) is 0 Å². The SMILES string of the molecule is CCC(CC)CCCCCn1c(-c2ccccc2)c(-c2ccccc2)n(-c2ccccc2)c1=O. The van der Waals surface area contributed by atoms with Gasteiger partial charge in [-0.15, -0.1) is 0 Å². The van der Waals surface area contributed by atoms with Gasteiger partial charge in [-0.25, -0.2) is 4.79 Å². The smallest absolute Gasteiger partial charge is 0.291 e. The average Bonchev–Trinajstić information content (AvgIpc) is 3.19. The second-order valence-corrected chi connectivity index (χ2v) is 9.07. The summed E-state index contributed by atoms with van der Waals surface area (Å²) in [5.74, 6) is 0.825. The lowest BCUT2D eigenvalue weighted by atomic mass is 9.96. The molecule has 0 radical (unpaired) electrons. The van der Waals surface area contributed by atoms with Crippen molar-refractivity contribution in [1.29, 1.82) is 0 Å². The van der Waals surface area contributed by atoms with Gasteiger partial charge in [0.25, 0.3) is 0 Å². The van der Waals surface area contributed by atoms with E-state index >= 15 is 0 Å². The molecule has 3 aromatic carbocycles. The van der Waals surface area contributed by atoms with E-state index in [4.69, 9.17) is 0 Å². The van der Waals surface area contributed by atoms with Crippen LogP contribution in [0.3, 0.4) is 0 Å². The Labute approximate surface area is 203 Å². The maximum Gasteiger partial charge on any atom is 0.333 e. The highest BCUT2D eigenvalue weighted by molar-refractivity contribution is 5.80. The largest absolute Gasteiger partial charge is 0.333 e. The first-order valence-corrected chi connectivity index (χ1v) is 12.8. The summed E-state index contributed by atoms with van der Waals surface area (Å²) in [5.41, 5.74) is 5.01. The first-order chi connectivity index (χ1) is 16.7. The highest BCUT2D eigenvalue weighted by Gasteiger charge is 2.23. The molecule has 0 aliphatic rings. The van der Waals surface area contributed by atoms with Crippen LogP contribution in [0.1, 0.15) is 52.4 Å². The van der Waals surface area contributed by atoms with E-state index in [9.17, 15) is 4.79 Å². The normalized spacial score (nSPS) is 11.3. The first-order valence-electron chi connectivity index (χ1n) is 12.8.